The van der Waals surface area contributed by atoms with Gasteiger partial charge in [0.1, 0.15) is 10.8 Å². The molecule has 6 heteroatoms. The van der Waals surface area contributed by atoms with Crippen LogP contribution >= 0.6 is 27.3 Å². The fourth-order valence-corrected chi connectivity index (χ4v) is 4.72. The summed E-state index contributed by atoms with van der Waals surface area (Å²) < 4.78 is 6.11. The number of halogens is 1. The summed E-state index contributed by atoms with van der Waals surface area (Å²) in [6.45, 7) is 4.38. The largest absolute Gasteiger partial charge is 0.507 e. The molecule has 0 bridgehead atoms. The van der Waals surface area contributed by atoms with Crippen molar-refractivity contribution in [3.05, 3.63) is 44.2 Å². The molecule has 1 N–H and O–H groups in total. The molecular weight excluding hydrogens is 402 g/mol. The Morgan fingerprint density at radius 1 is 1.52 bits per heavy atom. The smallest absolute Gasteiger partial charge is 0.341 e. The van der Waals surface area contributed by atoms with Crippen molar-refractivity contribution >= 4 is 44.5 Å². The van der Waals surface area contributed by atoms with Gasteiger partial charge in [0.05, 0.1) is 12.2 Å². The Kier molecular flexibility index (Phi) is 5.59. The van der Waals surface area contributed by atoms with Crippen LogP contribution < -0.4 is 0 Å². The third-order valence-corrected chi connectivity index (χ3v) is 5.94. The fraction of sp³-hybridized carbons (Fsp3) is 0.368. The zero-order chi connectivity index (χ0) is 18.0. The van der Waals surface area contributed by atoms with Crippen LogP contribution in [0.15, 0.2) is 27.7 Å². The summed E-state index contributed by atoms with van der Waals surface area (Å²) in [6, 6.07) is 5.17. The first kappa shape index (κ1) is 18.1. The minimum atomic E-state index is -0.305. The standard InChI is InChI=1S/C19H20BrNO3S/c1-3-24-19(23)17-14-6-4-11(2)8-16(14)25-18(17)21-10-12-9-13(20)5-7-15(12)22/h5,7,9-11,22H,3-4,6,8H2,1-2H3/b21-10+/t11-/m1/s1. The molecule has 1 aliphatic rings. The van der Waals surface area contributed by atoms with Crippen LogP contribution in [-0.4, -0.2) is 23.9 Å². The van der Waals surface area contributed by atoms with Gasteiger partial charge in [-0.2, -0.15) is 0 Å². The first-order valence-corrected chi connectivity index (χ1v) is 9.94. The second-order valence-corrected chi connectivity index (χ2v) is 8.21. The second-order valence-electron chi connectivity index (χ2n) is 6.21. The van der Waals surface area contributed by atoms with E-state index in [0.29, 0.717) is 28.7 Å². The van der Waals surface area contributed by atoms with E-state index in [4.69, 9.17) is 4.74 Å². The van der Waals surface area contributed by atoms with Crippen molar-refractivity contribution in [3.8, 4) is 5.75 Å². The molecule has 132 valence electrons. The van der Waals surface area contributed by atoms with Crippen LogP contribution in [0.2, 0.25) is 0 Å². The molecule has 0 saturated carbocycles. The first-order chi connectivity index (χ1) is 12.0. The number of rotatable bonds is 4. The van der Waals surface area contributed by atoms with E-state index in [1.165, 1.54) is 4.88 Å². The average molecular weight is 422 g/mol. The minimum Gasteiger partial charge on any atom is -0.507 e. The number of aromatic hydroxyl groups is 1. The van der Waals surface area contributed by atoms with Gasteiger partial charge in [-0.1, -0.05) is 22.9 Å². The molecule has 1 heterocycles. The number of hydrogen-bond donors (Lipinski definition) is 1. The lowest BCUT2D eigenvalue weighted by atomic mass is 9.88. The fourth-order valence-electron chi connectivity index (χ4n) is 3.00. The highest BCUT2D eigenvalue weighted by Crippen LogP contribution is 2.41. The molecule has 0 saturated heterocycles. The highest BCUT2D eigenvalue weighted by Gasteiger charge is 2.28. The van der Waals surface area contributed by atoms with E-state index in [0.717, 1.165) is 29.3 Å². The van der Waals surface area contributed by atoms with E-state index in [-0.39, 0.29) is 11.7 Å². The third-order valence-electron chi connectivity index (χ3n) is 4.28. The van der Waals surface area contributed by atoms with Gasteiger partial charge in [0.25, 0.3) is 0 Å². The van der Waals surface area contributed by atoms with Gasteiger partial charge in [-0.25, -0.2) is 9.79 Å². The van der Waals surface area contributed by atoms with Gasteiger partial charge in [0.2, 0.25) is 0 Å². The molecule has 2 aromatic rings. The maximum atomic E-state index is 12.5. The monoisotopic (exact) mass is 421 g/mol. The SMILES string of the molecule is CCOC(=O)c1c(/N=C/c2cc(Br)ccc2O)sc2c1CC[C@@H](C)C2. The minimum absolute atomic E-state index is 0.152. The number of aliphatic imine (C=N–C) groups is 1. The van der Waals surface area contributed by atoms with Crippen molar-refractivity contribution in [1.29, 1.82) is 0 Å². The second kappa shape index (κ2) is 7.70. The van der Waals surface area contributed by atoms with Crippen LogP contribution in [0.25, 0.3) is 0 Å². The van der Waals surface area contributed by atoms with Gasteiger partial charge in [-0.05, 0) is 55.9 Å². The Morgan fingerprint density at radius 3 is 3.08 bits per heavy atom. The lowest BCUT2D eigenvalue weighted by Gasteiger charge is -2.18. The lowest BCUT2D eigenvalue weighted by molar-refractivity contribution is 0.0526. The van der Waals surface area contributed by atoms with E-state index >= 15 is 0 Å². The molecular formula is C19H20BrNO3S. The quantitative estimate of drug-likeness (QED) is 0.540. The number of nitrogens with zero attached hydrogens (tertiary/aromatic N) is 1. The van der Waals surface area contributed by atoms with Crippen molar-refractivity contribution in [2.45, 2.75) is 33.1 Å². The summed E-state index contributed by atoms with van der Waals surface area (Å²) in [6.07, 6.45) is 4.54. The van der Waals surface area contributed by atoms with Crippen LogP contribution in [0.1, 0.15) is 46.6 Å². The lowest BCUT2D eigenvalue weighted by Crippen LogP contribution is -2.13. The number of phenols is 1. The van der Waals surface area contributed by atoms with Gasteiger partial charge in [0.15, 0.2) is 0 Å². The zero-order valence-corrected chi connectivity index (χ0v) is 16.6. The van der Waals surface area contributed by atoms with Crippen molar-refractivity contribution in [2.24, 2.45) is 10.9 Å². The maximum absolute atomic E-state index is 12.5. The molecule has 0 spiro atoms. The molecule has 25 heavy (non-hydrogen) atoms. The predicted molar refractivity (Wildman–Crippen MR) is 105 cm³/mol. The average Bonchev–Trinajstić information content (AvgIpc) is 2.93. The van der Waals surface area contributed by atoms with E-state index in [1.807, 2.05) is 0 Å². The number of thiophene rings is 1. The van der Waals surface area contributed by atoms with E-state index < -0.39 is 0 Å². The summed E-state index contributed by atoms with van der Waals surface area (Å²) in [7, 11) is 0. The summed E-state index contributed by atoms with van der Waals surface area (Å²) in [5.74, 6) is 0.465. The third kappa shape index (κ3) is 3.96. The topological polar surface area (TPSA) is 58.9 Å². The Bertz CT molecular complexity index is 828. The molecule has 3 rings (SSSR count). The van der Waals surface area contributed by atoms with Crippen molar-refractivity contribution < 1.29 is 14.6 Å². The van der Waals surface area contributed by atoms with Crippen molar-refractivity contribution in [1.82, 2.24) is 0 Å². The van der Waals surface area contributed by atoms with Gasteiger partial charge < -0.3 is 9.84 Å². The van der Waals surface area contributed by atoms with E-state index in [1.54, 1.807) is 42.7 Å². The number of esters is 1. The van der Waals surface area contributed by atoms with Gasteiger partial charge >= 0.3 is 5.97 Å². The molecule has 1 aromatic heterocycles. The van der Waals surface area contributed by atoms with Crippen LogP contribution in [0, 0.1) is 5.92 Å². The number of fused-ring (bicyclic) bond motifs is 1. The molecule has 1 aliphatic carbocycles. The number of ether oxygens (including phenoxy) is 1. The van der Waals surface area contributed by atoms with Crippen LogP contribution in [0.5, 0.6) is 5.75 Å². The highest BCUT2D eigenvalue weighted by molar-refractivity contribution is 9.10. The number of carbonyl (C=O) groups is 1. The number of carbonyl (C=O) groups excluding carboxylic acids is 1. The first-order valence-electron chi connectivity index (χ1n) is 8.33. The molecule has 1 atom stereocenters. The van der Waals surface area contributed by atoms with Crippen LogP contribution in [0.3, 0.4) is 0 Å². The summed E-state index contributed by atoms with van der Waals surface area (Å²) >= 11 is 4.95. The highest BCUT2D eigenvalue weighted by atomic mass is 79.9. The molecule has 0 unspecified atom stereocenters. The van der Waals surface area contributed by atoms with Crippen molar-refractivity contribution in [3.63, 3.8) is 0 Å². The molecule has 0 amide bonds. The number of phenolic OH excluding ortho intramolecular Hbond substituents is 1. The van der Waals surface area contributed by atoms with Crippen molar-refractivity contribution in [2.75, 3.05) is 6.61 Å². The zero-order valence-electron chi connectivity index (χ0n) is 14.2. The molecule has 0 fully saturated rings. The van der Waals surface area contributed by atoms with E-state index in [9.17, 15) is 9.90 Å². The number of hydrogen-bond acceptors (Lipinski definition) is 5. The molecule has 0 aliphatic heterocycles. The molecule has 4 nitrogen and oxygen atoms in total. The van der Waals surface area contributed by atoms with E-state index in [2.05, 4.69) is 27.8 Å². The molecule has 0 radical (unpaired) electrons. The maximum Gasteiger partial charge on any atom is 0.341 e. The normalized spacial score (nSPS) is 16.8. The Morgan fingerprint density at radius 2 is 2.32 bits per heavy atom. The summed E-state index contributed by atoms with van der Waals surface area (Å²) in [5, 5.41) is 10.6. The Hall–Kier alpha value is -1.66. The number of benzene rings is 1. The summed E-state index contributed by atoms with van der Waals surface area (Å²) in [4.78, 5) is 18.2. The predicted octanol–water partition coefficient (Wildman–Crippen LogP) is 5.27. The van der Waals surface area contributed by atoms with Gasteiger partial charge in [-0.3, -0.25) is 0 Å². The Balaban J connectivity index is 2.01. The van der Waals surface area contributed by atoms with Gasteiger partial charge in [0, 0.05) is 21.1 Å². The Labute approximate surface area is 159 Å². The van der Waals surface area contributed by atoms with Crippen LogP contribution in [-0.2, 0) is 17.6 Å². The van der Waals surface area contributed by atoms with Gasteiger partial charge in [-0.15, -0.1) is 11.3 Å². The summed E-state index contributed by atoms with van der Waals surface area (Å²) in [5.41, 5.74) is 2.29. The molecule has 1 aromatic carbocycles. The van der Waals surface area contributed by atoms with Crippen LogP contribution in [0.4, 0.5) is 5.00 Å².